The summed E-state index contributed by atoms with van der Waals surface area (Å²) in [5.41, 5.74) is 4.21. The molecule has 1 saturated carbocycles. The summed E-state index contributed by atoms with van der Waals surface area (Å²) in [6, 6.07) is 0.00868. The van der Waals surface area contributed by atoms with Crippen LogP contribution in [0.15, 0.2) is 18.1 Å². The maximum Gasteiger partial charge on any atom is 0.421 e. The number of nitrogens with one attached hydrogen (secondary N) is 4. The maximum absolute atomic E-state index is 13.1. The smallest absolute Gasteiger partial charge is 0.375 e. The summed E-state index contributed by atoms with van der Waals surface area (Å²) >= 11 is 0. The molecule has 6 N–H and O–H groups in total. The number of aromatic nitrogens is 2. The molecule has 10 heteroatoms. The van der Waals surface area contributed by atoms with Crippen LogP contribution in [0.3, 0.4) is 0 Å². The van der Waals surface area contributed by atoms with E-state index in [1.165, 1.54) is 6.08 Å². The van der Waals surface area contributed by atoms with Gasteiger partial charge in [0, 0.05) is 25.4 Å². The lowest BCUT2D eigenvalue weighted by Gasteiger charge is -2.19. The molecule has 0 aliphatic heterocycles. The fraction of sp³-hybridized carbons (Fsp3) is 0.533. The molecule has 1 aliphatic carbocycles. The van der Waals surface area contributed by atoms with Gasteiger partial charge in [-0.3, -0.25) is 0 Å². The lowest BCUT2D eigenvalue weighted by molar-refractivity contribution is -0.137. The second-order valence-corrected chi connectivity index (χ2v) is 6.44. The Kier molecular flexibility index (Phi) is 5.21. The molecular formula is C15H22F3N7. The number of hydrogen-bond donors (Lipinski definition) is 5. The Bertz CT molecular complexity index is 673. The molecule has 0 bridgehead atoms. The Labute approximate surface area is 143 Å². The zero-order valence-electron chi connectivity index (χ0n) is 14.3. The van der Waals surface area contributed by atoms with Crippen LogP contribution in [0.25, 0.3) is 0 Å². The second kappa shape index (κ2) is 6.87. The van der Waals surface area contributed by atoms with Crippen molar-refractivity contribution in [1.29, 1.82) is 5.41 Å². The van der Waals surface area contributed by atoms with Crippen LogP contribution in [0.2, 0.25) is 0 Å². The van der Waals surface area contributed by atoms with E-state index in [0.29, 0.717) is 5.82 Å². The number of alkyl halides is 3. The van der Waals surface area contributed by atoms with Crippen molar-refractivity contribution in [2.24, 2.45) is 5.73 Å². The van der Waals surface area contributed by atoms with Gasteiger partial charge in [-0.05, 0) is 26.7 Å². The summed E-state index contributed by atoms with van der Waals surface area (Å²) in [5, 5.41) is 16.3. The second-order valence-electron chi connectivity index (χ2n) is 6.44. The van der Waals surface area contributed by atoms with Crippen LogP contribution in [0.1, 0.15) is 32.3 Å². The molecular weight excluding hydrogens is 335 g/mol. The third-order valence-corrected chi connectivity index (χ3v) is 3.51. The molecule has 7 nitrogen and oxygen atoms in total. The van der Waals surface area contributed by atoms with Gasteiger partial charge in [0.25, 0.3) is 0 Å². The van der Waals surface area contributed by atoms with Crippen molar-refractivity contribution in [2.45, 2.75) is 44.4 Å². The zero-order chi connectivity index (χ0) is 18.8. The van der Waals surface area contributed by atoms with Crippen molar-refractivity contribution in [2.75, 3.05) is 17.7 Å². The Balaban J connectivity index is 2.26. The highest BCUT2D eigenvalue weighted by molar-refractivity contribution is 6.00. The Hall–Kier alpha value is -2.36. The van der Waals surface area contributed by atoms with Gasteiger partial charge in [0.1, 0.15) is 17.2 Å². The summed E-state index contributed by atoms with van der Waals surface area (Å²) in [4.78, 5) is 7.67. The molecule has 0 radical (unpaired) electrons. The third-order valence-electron chi connectivity index (χ3n) is 3.51. The van der Waals surface area contributed by atoms with E-state index in [1.807, 2.05) is 0 Å². The molecule has 1 aliphatic rings. The standard InChI is InChI=1S/C15H22F3N7/c1-14(2,20)10(19)6-11(21-3)24-13-22-7-9(15(16,17)18)12(25-13)23-8-4-5-8/h6-8,19,21H,4-5,20H2,1-3H3,(H2,22,23,24,25)/b11-6+,19-10?. The zero-order valence-corrected chi connectivity index (χ0v) is 14.3. The first-order valence-electron chi connectivity index (χ1n) is 7.76. The van der Waals surface area contributed by atoms with Gasteiger partial charge in [0.2, 0.25) is 5.95 Å². The predicted molar refractivity (Wildman–Crippen MR) is 90.4 cm³/mol. The van der Waals surface area contributed by atoms with Crippen molar-refractivity contribution in [3.05, 3.63) is 23.7 Å². The highest BCUT2D eigenvalue weighted by atomic mass is 19.4. The van der Waals surface area contributed by atoms with E-state index in [0.717, 1.165) is 19.0 Å². The van der Waals surface area contributed by atoms with Gasteiger partial charge in [-0.2, -0.15) is 18.2 Å². The summed E-state index contributed by atoms with van der Waals surface area (Å²) in [5.74, 6) is 0.0808. The summed E-state index contributed by atoms with van der Waals surface area (Å²) in [7, 11) is 1.60. The Morgan fingerprint density at radius 2 is 2.00 bits per heavy atom. The highest BCUT2D eigenvalue weighted by Crippen LogP contribution is 2.36. The maximum atomic E-state index is 13.1. The van der Waals surface area contributed by atoms with E-state index >= 15 is 0 Å². The van der Waals surface area contributed by atoms with Crippen LogP contribution >= 0.6 is 0 Å². The SMILES string of the molecule is CN/C(=C\C(=N)C(C)(C)N)Nc1ncc(C(F)(F)F)c(NC2CC2)n1. The van der Waals surface area contributed by atoms with Crippen molar-refractivity contribution in [3.8, 4) is 0 Å². The molecule has 0 saturated heterocycles. The minimum atomic E-state index is -4.54. The van der Waals surface area contributed by atoms with Gasteiger partial charge in [-0.1, -0.05) is 0 Å². The molecule has 0 spiro atoms. The van der Waals surface area contributed by atoms with Gasteiger partial charge in [0.05, 0.1) is 11.3 Å². The van der Waals surface area contributed by atoms with Crippen LogP contribution in [-0.2, 0) is 6.18 Å². The third kappa shape index (κ3) is 5.31. The lowest BCUT2D eigenvalue weighted by Crippen LogP contribution is -2.40. The van der Waals surface area contributed by atoms with E-state index in [1.54, 1.807) is 20.9 Å². The molecule has 25 heavy (non-hydrogen) atoms. The van der Waals surface area contributed by atoms with Gasteiger partial charge in [-0.25, -0.2) is 4.98 Å². The first-order valence-corrected chi connectivity index (χ1v) is 7.76. The normalized spacial score (nSPS) is 15.7. The summed E-state index contributed by atoms with van der Waals surface area (Å²) in [6.07, 6.45) is -0.730. The quantitative estimate of drug-likeness (QED) is 0.479. The molecule has 0 amide bonds. The molecule has 1 fully saturated rings. The van der Waals surface area contributed by atoms with Crippen molar-refractivity contribution in [1.82, 2.24) is 15.3 Å². The fourth-order valence-corrected chi connectivity index (χ4v) is 1.80. The summed E-state index contributed by atoms with van der Waals surface area (Å²) in [6.45, 7) is 3.34. The average molecular weight is 357 g/mol. The summed E-state index contributed by atoms with van der Waals surface area (Å²) < 4.78 is 39.2. The molecule has 2 rings (SSSR count). The van der Waals surface area contributed by atoms with Gasteiger partial charge in [-0.15, -0.1) is 0 Å². The minimum absolute atomic E-state index is 0.00868. The number of halogens is 3. The monoisotopic (exact) mass is 357 g/mol. The fourth-order valence-electron chi connectivity index (χ4n) is 1.80. The van der Waals surface area contributed by atoms with Crippen LogP contribution in [-0.4, -0.2) is 34.3 Å². The number of nitrogens with zero attached hydrogens (tertiary/aromatic N) is 2. The van der Waals surface area contributed by atoms with E-state index in [2.05, 4.69) is 25.9 Å². The van der Waals surface area contributed by atoms with Gasteiger partial charge < -0.3 is 27.1 Å². The number of hydrogen-bond acceptors (Lipinski definition) is 7. The van der Waals surface area contributed by atoms with Crippen molar-refractivity contribution >= 4 is 17.5 Å². The first-order chi connectivity index (χ1) is 11.5. The Morgan fingerprint density at radius 3 is 2.48 bits per heavy atom. The molecule has 1 aromatic heterocycles. The largest absolute Gasteiger partial charge is 0.421 e. The van der Waals surface area contributed by atoms with E-state index in [4.69, 9.17) is 11.1 Å². The van der Waals surface area contributed by atoms with Crippen LogP contribution in [0.4, 0.5) is 24.9 Å². The van der Waals surface area contributed by atoms with Crippen LogP contribution < -0.4 is 21.7 Å². The molecule has 0 aromatic carbocycles. The van der Waals surface area contributed by atoms with Crippen molar-refractivity contribution in [3.63, 3.8) is 0 Å². The predicted octanol–water partition coefficient (Wildman–Crippen LogP) is 2.30. The topological polar surface area (TPSA) is 112 Å². The molecule has 0 unspecified atom stereocenters. The van der Waals surface area contributed by atoms with Crippen LogP contribution in [0, 0.1) is 5.41 Å². The highest BCUT2D eigenvalue weighted by Gasteiger charge is 2.36. The first kappa shape index (κ1) is 19.0. The average Bonchev–Trinajstić information content (AvgIpc) is 3.28. The van der Waals surface area contributed by atoms with E-state index in [9.17, 15) is 13.2 Å². The number of rotatable bonds is 7. The molecule has 1 aromatic rings. The van der Waals surface area contributed by atoms with E-state index < -0.39 is 17.3 Å². The lowest BCUT2D eigenvalue weighted by atomic mass is 10.00. The van der Waals surface area contributed by atoms with Crippen LogP contribution in [0.5, 0.6) is 0 Å². The molecule has 138 valence electrons. The molecule has 1 heterocycles. The minimum Gasteiger partial charge on any atom is -0.375 e. The van der Waals surface area contributed by atoms with E-state index in [-0.39, 0.29) is 23.5 Å². The molecule has 0 atom stereocenters. The number of nitrogens with two attached hydrogens (primary N) is 1. The number of anilines is 2. The Morgan fingerprint density at radius 1 is 1.36 bits per heavy atom. The van der Waals surface area contributed by atoms with Crippen molar-refractivity contribution < 1.29 is 13.2 Å². The van der Waals surface area contributed by atoms with Gasteiger partial charge >= 0.3 is 6.18 Å². The van der Waals surface area contributed by atoms with Gasteiger partial charge in [0.15, 0.2) is 0 Å².